The average molecular weight is 1140 g/mol. The summed E-state index contributed by atoms with van der Waals surface area (Å²) in [5.74, 6) is 0.730. The molecule has 15 rings (SSSR count). The first kappa shape index (κ1) is 52.4. The van der Waals surface area contributed by atoms with Gasteiger partial charge in [-0.1, -0.05) is 194 Å². The molecular weight excluding hydrogens is 1080 g/mol. The Morgan fingerprint density at radius 2 is 0.690 bits per heavy atom. The van der Waals surface area contributed by atoms with Crippen molar-refractivity contribution >= 4 is 56.3 Å². The molecular formula is C77H52F2N4O4. The Balaban J connectivity index is 1.12. The van der Waals surface area contributed by atoms with Crippen LogP contribution in [0.4, 0.5) is 42.9 Å². The van der Waals surface area contributed by atoms with Crippen molar-refractivity contribution in [3.05, 3.63) is 313 Å². The molecule has 0 radical (unpaired) electrons. The first-order chi connectivity index (χ1) is 42.9. The van der Waals surface area contributed by atoms with E-state index in [1.807, 2.05) is 168 Å². The first-order valence-corrected chi connectivity index (χ1v) is 28.7. The summed E-state index contributed by atoms with van der Waals surface area (Å²) in [6.07, 6.45) is 0. The van der Waals surface area contributed by atoms with Crippen molar-refractivity contribution in [2.45, 2.75) is 5.41 Å². The molecule has 1 aliphatic rings. The lowest BCUT2D eigenvalue weighted by Crippen LogP contribution is -2.29. The van der Waals surface area contributed by atoms with Gasteiger partial charge in [0.25, 0.3) is 0 Å². The van der Waals surface area contributed by atoms with Gasteiger partial charge in [-0.2, -0.15) is 0 Å². The van der Waals surface area contributed by atoms with Gasteiger partial charge in [-0.15, -0.1) is 0 Å². The van der Waals surface area contributed by atoms with E-state index in [9.17, 15) is 0 Å². The fourth-order valence-electron chi connectivity index (χ4n) is 12.7. The Bertz CT molecular complexity index is 4550. The van der Waals surface area contributed by atoms with Crippen LogP contribution < -0.4 is 19.3 Å². The number of benzene rings is 12. The number of nitrogens with zero attached hydrogens (tertiary/aromatic N) is 4. The number of halogens is 2. The number of ether oxygens (including phenoxy) is 2. The summed E-state index contributed by atoms with van der Waals surface area (Å²) in [5, 5.41) is 0. The predicted octanol–water partition coefficient (Wildman–Crippen LogP) is 20.2. The normalized spacial score (nSPS) is 12.2. The monoisotopic (exact) mass is 1130 g/mol. The van der Waals surface area contributed by atoms with Crippen LogP contribution in [0.25, 0.3) is 78.5 Å². The molecule has 0 saturated carbocycles. The molecule has 2 aromatic heterocycles. The van der Waals surface area contributed by atoms with Gasteiger partial charge in [0.05, 0.1) is 53.5 Å². The van der Waals surface area contributed by atoms with Crippen LogP contribution in [0.2, 0.25) is 0 Å². The van der Waals surface area contributed by atoms with Crippen molar-refractivity contribution in [1.82, 2.24) is 9.97 Å². The van der Waals surface area contributed by atoms with Gasteiger partial charge in [0.15, 0.2) is 11.2 Å². The number of methoxy groups -OCH3 is 2. The van der Waals surface area contributed by atoms with Crippen LogP contribution in [0.3, 0.4) is 0 Å². The molecule has 0 spiro atoms. The number of oxazole rings is 2. The number of para-hydroxylation sites is 4. The first-order valence-electron chi connectivity index (χ1n) is 28.7. The van der Waals surface area contributed by atoms with Gasteiger partial charge >= 0.3 is 0 Å². The lowest BCUT2D eigenvalue weighted by atomic mass is 9.67. The Morgan fingerprint density at radius 1 is 0.356 bits per heavy atom. The van der Waals surface area contributed by atoms with E-state index in [-0.39, 0.29) is 23.2 Å². The molecule has 2 heterocycles. The lowest BCUT2D eigenvalue weighted by molar-refractivity contribution is 0.414. The average Bonchev–Trinajstić information content (AvgIpc) is 1.53. The molecule has 0 saturated heterocycles. The number of rotatable bonds is 14. The molecule has 10 heteroatoms. The van der Waals surface area contributed by atoms with Gasteiger partial charge in [0, 0.05) is 22.5 Å². The summed E-state index contributed by atoms with van der Waals surface area (Å²) in [4.78, 5) is 14.9. The number of anilines is 6. The van der Waals surface area contributed by atoms with Crippen LogP contribution in [0.5, 0.6) is 11.5 Å². The van der Waals surface area contributed by atoms with E-state index in [0.717, 1.165) is 44.5 Å². The SMILES string of the molecule is COc1ccccc1-c1nc2c(N(c3ccc(-c4ccccc4)cc3)c3ccccc3F)cc3c(c2o1)-c1c(cc(N(c2ccc(-c4ccccc4)cc2)c2ccccc2F)c2nc(-c4ccccc4OC)oc12)C3(c1ccccc1)c1ccccc1. The van der Waals surface area contributed by atoms with Crippen LogP contribution in [0.1, 0.15) is 22.3 Å². The maximum atomic E-state index is 17.2. The molecule has 8 nitrogen and oxygen atoms in total. The van der Waals surface area contributed by atoms with Gasteiger partial charge in [-0.3, -0.25) is 0 Å². The third-order valence-corrected chi connectivity index (χ3v) is 16.6. The van der Waals surface area contributed by atoms with E-state index in [1.54, 1.807) is 38.5 Å². The van der Waals surface area contributed by atoms with Crippen molar-refractivity contribution in [3.63, 3.8) is 0 Å². The number of hydrogen-bond donors (Lipinski definition) is 0. The molecule has 418 valence electrons. The van der Waals surface area contributed by atoms with Gasteiger partial charge < -0.3 is 28.1 Å². The van der Waals surface area contributed by atoms with Crippen LogP contribution in [0, 0.1) is 11.6 Å². The van der Waals surface area contributed by atoms with Crippen molar-refractivity contribution in [2.24, 2.45) is 0 Å². The molecule has 0 N–H and O–H groups in total. The molecule has 14 aromatic rings. The summed E-state index contributed by atoms with van der Waals surface area (Å²) >= 11 is 0. The minimum Gasteiger partial charge on any atom is -0.496 e. The minimum atomic E-state index is -1.23. The van der Waals surface area contributed by atoms with Gasteiger partial charge in [0.2, 0.25) is 11.8 Å². The standard InChI is InChI=1S/C77H52F2N4O4/c1-84-67-37-21-15-31-57(67)75-80-71-65(82(63-35-19-17-33-61(63)78)55-43-39-51(40-44-55)49-23-7-3-8-24-49)47-59-69(73(71)86-75)70-60(77(59,53-27-11-5-12-28-53)54-29-13-6-14-30-54)48-66(72-74(70)87-76(81-72)58-32-16-22-38-68(58)85-2)83(64-36-20-18-34-62(64)79)56-45-41-52(42-46-56)50-25-9-4-10-26-50/h3-48H,1-2H3. The topological polar surface area (TPSA) is 77.0 Å². The Morgan fingerprint density at radius 3 is 1.07 bits per heavy atom. The van der Waals surface area contributed by atoms with Gasteiger partial charge in [-0.05, 0) is 129 Å². The fourth-order valence-corrected chi connectivity index (χ4v) is 12.7. The third kappa shape index (κ3) is 8.71. The second-order valence-corrected chi connectivity index (χ2v) is 21.3. The highest BCUT2D eigenvalue weighted by Gasteiger charge is 2.51. The molecule has 12 aromatic carbocycles. The van der Waals surface area contributed by atoms with Crippen molar-refractivity contribution in [3.8, 4) is 67.8 Å². The molecule has 0 unspecified atom stereocenters. The molecule has 0 fully saturated rings. The summed E-state index contributed by atoms with van der Waals surface area (Å²) < 4.78 is 61.4. The largest absolute Gasteiger partial charge is 0.496 e. The Hall–Kier alpha value is -11.4. The van der Waals surface area contributed by atoms with Crippen LogP contribution in [-0.2, 0) is 5.41 Å². The molecule has 87 heavy (non-hydrogen) atoms. The maximum absolute atomic E-state index is 17.2. The van der Waals surface area contributed by atoms with E-state index in [0.29, 0.717) is 78.7 Å². The van der Waals surface area contributed by atoms with Crippen LogP contribution in [0.15, 0.2) is 288 Å². The van der Waals surface area contributed by atoms with E-state index >= 15 is 8.78 Å². The number of aromatic nitrogens is 2. The second-order valence-electron chi connectivity index (χ2n) is 21.3. The number of hydrogen-bond acceptors (Lipinski definition) is 8. The summed E-state index contributed by atoms with van der Waals surface area (Å²) in [6, 6.07) is 90.4. The molecule has 0 atom stereocenters. The lowest BCUT2D eigenvalue weighted by Gasteiger charge is -2.35. The molecule has 0 bridgehead atoms. The van der Waals surface area contributed by atoms with Crippen LogP contribution >= 0.6 is 0 Å². The van der Waals surface area contributed by atoms with E-state index in [2.05, 4.69) is 84.9 Å². The zero-order valence-corrected chi connectivity index (χ0v) is 47.2. The third-order valence-electron chi connectivity index (χ3n) is 16.6. The summed E-state index contributed by atoms with van der Waals surface area (Å²) in [6.45, 7) is 0. The van der Waals surface area contributed by atoms with E-state index < -0.39 is 17.0 Å². The van der Waals surface area contributed by atoms with Crippen molar-refractivity contribution < 1.29 is 27.1 Å². The molecule has 0 aliphatic heterocycles. The highest BCUT2D eigenvalue weighted by Crippen LogP contribution is 2.63. The summed E-state index contributed by atoms with van der Waals surface area (Å²) in [7, 11) is 3.24. The second kappa shape index (κ2) is 21.7. The highest BCUT2D eigenvalue weighted by atomic mass is 19.1. The fraction of sp³-hybridized carbons (Fsp3) is 0.0390. The van der Waals surface area contributed by atoms with Crippen LogP contribution in [-0.4, -0.2) is 24.2 Å². The van der Waals surface area contributed by atoms with E-state index in [1.165, 1.54) is 12.1 Å². The quantitative estimate of drug-likeness (QED) is 0.107. The van der Waals surface area contributed by atoms with Gasteiger partial charge in [-0.25, -0.2) is 18.7 Å². The zero-order valence-electron chi connectivity index (χ0n) is 47.2. The molecule has 1 aliphatic carbocycles. The number of fused-ring (bicyclic) bond motifs is 7. The summed E-state index contributed by atoms with van der Waals surface area (Å²) in [5.41, 5.74) is 13.4. The highest BCUT2D eigenvalue weighted by molar-refractivity contribution is 6.15. The van der Waals surface area contributed by atoms with E-state index in [4.69, 9.17) is 28.3 Å². The predicted molar refractivity (Wildman–Crippen MR) is 343 cm³/mol. The van der Waals surface area contributed by atoms with Crippen molar-refractivity contribution in [1.29, 1.82) is 0 Å². The van der Waals surface area contributed by atoms with Gasteiger partial charge in [0.1, 0.15) is 34.2 Å². The van der Waals surface area contributed by atoms with Crippen molar-refractivity contribution in [2.75, 3.05) is 24.0 Å². The minimum absolute atomic E-state index is 0.272. The Kier molecular flexibility index (Phi) is 13.1. The zero-order chi connectivity index (χ0) is 58.6. The Labute approximate surface area is 501 Å². The smallest absolute Gasteiger partial charge is 0.231 e. The molecule has 0 amide bonds. The maximum Gasteiger partial charge on any atom is 0.231 e.